The van der Waals surface area contributed by atoms with Crippen LogP contribution in [0.1, 0.15) is 39.2 Å². The molecule has 0 atom stereocenters. The first-order chi connectivity index (χ1) is 13.0. The van der Waals surface area contributed by atoms with Crippen molar-refractivity contribution in [3.8, 4) is 0 Å². The Balaban J connectivity index is 2.27. The molecule has 152 valence electrons. The second-order valence-corrected chi connectivity index (χ2v) is 7.00. The summed E-state index contributed by atoms with van der Waals surface area (Å²) in [7, 11) is 1.84. The van der Waals surface area contributed by atoms with Gasteiger partial charge in [-0.25, -0.2) is 0 Å². The van der Waals surface area contributed by atoms with Crippen molar-refractivity contribution < 1.29 is 9.53 Å². The van der Waals surface area contributed by atoms with Gasteiger partial charge in [0.2, 0.25) is 5.91 Å². The lowest BCUT2D eigenvalue weighted by Crippen LogP contribution is -2.39. The van der Waals surface area contributed by atoms with Crippen LogP contribution in [0.25, 0.3) is 0 Å². The molecule has 0 heterocycles. The van der Waals surface area contributed by atoms with E-state index in [0.717, 1.165) is 37.7 Å². The molecular weight excluding hydrogens is 340 g/mol. The maximum atomic E-state index is 12.3. The predicted molar refractivity (Wildman–Crippen MR) is 112 cm³/mol. The van der Waals surface area contributed by atoms with Crippen molar-refractivity contribution in [1.82, 2.24) is 15.5 Å². The van der Waals surface area contributed by atoms with Gasteiger partial charge in [-0.05, 0) is 24.8 Å². The summed E-state index contributed by atoms with van der Waals surface area (Å²) in [5, 5.41) is 6.44. The molecule has 6 heteroatoms. The summed E-state index contributed by atoms with van der Waals surface area (Å²) >= 11 is 0. The van der Waals surface area contributed by atoms with Crippen LogP contribution < -0.4 is 10.6 Å². The first kappa shape index (κ1) is 23.0. The molecule has 0 saturated carbocycles. The number of guanidine groups is 1. The Hall–Kier alpha value is -2.08. The van der Waals surface area contributed by atoms with E-state index in [1.54, 1.807) is 4.90 Å². The third-order valence-electron chi connectivity index (χ3n) is 3.83. The van der Waals surface area contributed by atoms with E-state index in [1.807, 2.05) is 44.3 Å². The zero-order valence-corrected chi connectivity index (χ0v) is 17.3. The topological polar surface area (TPSA) is 66.0 Å². The zero-order valence-electron chi connectivity index (χ0n) is 17.3. The lowest BCUT2D eigenvalue weighted by Gasteiger charge is -2.18. The zero-order chi connectivity index (χ0) is 19.9. The number of rotatable bonds is 12. The molecule has 1 rings (SSSR count). The molecule has 0 unspecified atom stereocenters. The van der Waals surface area contributed by atoms with Crippen LogP contribution in [0.5, 0.6) is 0 Å². The van der Waals surface area contributed by atoms with E-state index in [2.05, 4.69) is 29.5 Å². The Kier molecular flexibility index (Phi) is 11.9. The maximum absolute atomic E-state index is 12.3. The molecule has 0 spiro atoms. The van der Waals surface area contributed by atoms with Gasteiger partial charge >= 0.3 is 0 Å². The monoisotopic (exact) mass is 376 g/mol. The number of ether oxygens (including phenoxy) is 1. The molecule has 6 nitrogen and oxygen atoms in total. The molecular formula is C21H36N4O2. The van der Waals surface area contributed by atoms with Gasteiger partial charge in [-0.2, -0.15) is 0 Å². The molecule has 0 aromatic heterocycles. The summed E-state index contributed by atoms with van der Waals surface area (Å²) in [4.78, 5) is 18.6. The SMILES string of the molecule is CCNC(=NCCCOCC(C)C)NCCC(=O)N(C)Cc1ccccc1. The Bertz CT molecular complexity index is 546. The van der Waals surface area contributed by atoms with E-state index < -0.39 is 0 Å². The number of hydrogen-bond acceptors (Lipinski definition) is 3. The molecule has 0 bridgehead atoms. The van der Waals surface area contributed by atoms with Crippen molar-refractivity contribution in [2.75, 3.05) is 39.9 Å². The number of amides is 1. The fraction of sp³-hybridized carbons (Fsp3) is 0.619. The summed E-state index contributed by atoms with van der Waals surface area (Å²) in [6.45, 7) is 10.5. The van der Waals surface area contributed by atoms with Gasteiger partial charge in [0.1, 0.15) is 0 Å². The molecule has 1 amide bonds. The van der Waals surface area contributed by atoms with Crippen LogP contribution in [-0.4, -0.2) is 56.7 Å². The molecule has 0 aliphatic heterocycles. The fourth-order valence-electron chi connectivity index (χ4n) is 2.44. The Morgan fingerprint density at radius 3 is 2.63 bits per heavy atom. The first-order valence-electron chi connectivity index (χ1n) is 9.90. The highest BCUT2D eigenvalue weighted by atomic mass is 16.5. The smallest absolute Gasteiger partial charge is 0.224 e. The molecule has 0 aliphatic carbocycles. The minimum absolute atomic E-state index is 0.115. The van der Waals surface area contributed by atoms with E-state index in [9.17, 15) is 4.79 Å². The van der Waals surface area contributed by atoms with Gasteiger partial charge in [0, 0.05) is 52.9 Å². The largest absolute Gasteiger partial charge is 0.381 e. The minimum Gasteiger partial charge on any atom is -0.381 e. The number of carbonyl (C=O) groups is 1. The van der Waals surface area contributed by atoms with Crippen LogP contribution in [0.15, 0.2) is 35.3 Å². The number of nitrogens with one attached hydrogen (secondary N) is 2. The van der Waals surface area contributed by atoms with Crippen LogP contribution >= 0.6 is 0 Å². The van der Waals surface area contributed by atoms with Gasteiger partial charge in [-0.15, -0.1) is 0 Å². The van der Waals surface area contributed by atoms with Gasteiger partial charge in [-0.1, -0.05) is 44.2 Å². The van der Waals surface area contributed by atoms with E-state index >= 15 is 0 Å². The van der Waals surface area contributed by atoms with E-state index in [1.165, 1.54) is 0 Å². The predicted octanol–water partition coefficient (Wildman–Crippen LogP) is 2.65. The average molecular weight is 377 g/mol. The molecule has 0 radical (unpaired) electrons. The maximum Gasteiger partial charge on any atom is 0.224 e. The molecule has 0 saturated heterocycles. The summed E-state index contributed by atoms with van der Waals surface area (Å²) in [5.41, 5.74) is 1.14. The lowest BCUT2D eigenvalue weighted by molar-refractivity contribution is -0.130. The normalized spacial score (nSPS) is 11.5. The molecule has 0 fully saturated rings. The van der Waals surface area contributed by atoms with Gasteiger partial charge in [0.15, 0.2) is 5.96 Å². The highest BCUT2D eigenvalue weighted by Gasteiger charge is 2.09. The number of hydrogen-bond donors (Lipinski definition) is 2. The Labute approximate surface area is 164 Å². The van der Waals surface area contributed by atoms with Crippen molar-refractivity contribution in [2.45, 2.75) is 40.2 Å². The fourth-order valence-corrected chi connectivity index (χ4v) is 2.44. The highest BCUT2D eigenvalue weighted by Crippen LogP contribution is 2.03. The van der Waals surface area contributed by atoms with E-state index in [0.29, 0.717) is 32.0 Å². The molecule has 1 aromatic carbocycles. The van der Waals surface area contributed by atoms with E-state index in [4.69, 9.17) is 4.74 Å². The quantitative estimate of drug-likeness (QED) is 0.334. The van der Waals surface area contributed by atoms with Crippen molar-refractivity contribution in [1.29, 1.82) is 0 Å². The van der Waals surface area contributed by atoms with Crippen molar-refractivity contribution in [2.24, 2.45) is 10.9 Å². The van der Waals surface area contributed by atoms with Gasteiger partial charge in [0.05, 0.1) is 0 Å². The van der Waals surface area contributed by atoms with Crippen LogP contribution in [0.4, 0.5) is 0 Å². The van der Waals surface area contributed by atoms with Gasteiger partial charge < -0.3 is 20.3 Å². The van der Waals surface area contributed by atoms with Crippen molar-refractivity contribution >= 4 is 11.9 Å². The van der Waals surface area contributed by atoms with Crippen LogP contribution in [-0.2, 0) is 16.1 Å². The van der Waals surface area contributed by atoms with Crippen LogP contribution in [0.3, 0.4) is 0 Å². The number of carbonyl (C=O) groups excluding carboxylic acids is 1. The molecule has 2 N–H and O–H groups in total. The summed E-state index contributed by atoms with van der Waals surface area (Å²) in [6.07, 6.45) is 1.33. The second kappa shape index (κ2) is 14.0. The molecule has 0 aliphatic rings. The van der Waals surface area contributed by atoms with Crippen LogP contribution in [0, 0.1) is 5.92 Å². The van der Waals surface area contributed by atoms with E-state index in [-0.39, 0.29) is 5.91 Å². The first-order valence-corrected chi connectivity index (χ1v) is 9.90. The minimum atomic E-state index is 0.115. The number of aliphatic imine (C=N–C) groups is 1. The van der Waals surface area contributed by atoms with Gasteiger partial charge in [0.25, 0.3) is 0 Å². The van der Waals surface area contributed by atoms with Crippen molar-refractivity contribution in [3.05, 3.63) is 35.9 Å². The third kappa shape index (κ3) is 11.3. The highest BCUT2D eigenvalue weighted by molar-refractivity contribution is 5.81. The van der Waals surface area contributed by atoms with Crippen molar-refractivity contribution in [3.63, 3.8) is 0 Å². The summed E-state index contributed by atoms with van der Waals surface area (Å²) in [6, 6.07) is 10.0. The summed E-state index contributed by atoms with van der Waals surface area (Å²) < 4.78 is 5.56. The molecule has 27 heavy (non-hydrogen) atoms. The Morgan fingerprint density at radius 2 is 1.96 bits per heavy atom. The third-order valence-corrected chi connectivity index (χ3v) is 3.83. The van der Waals surface area contributed by atoms with Crippen LogP contribution in [0.2, 0.25) is 0 Å². The number of nitrogens with zero attached hydrogens (tertiary/aromatic N) is 2. The molecule has 1 aromatic rings. The standard InChI is InChI=1S/C21H36N4O2/c1-5-22-21(23-13-9-15-27-17-18(2)3)24-14-12-20(26)25(4)16-19-10-7-6-8-11-19/h6-8,10-11,18H,5,9,12-17H2,1-4H3,(H2,22,23,24). The average Bonchev–Trinajstić information content (AvgIpc) is 2.64. The lowest BCUT2D eigenvalue weighted by atomic mass is 10.2. The number of benzene rings is 1. The second-order valence-electron chi connectivity index (χ2n) is 7.00. The Morgan fingerprint density at radius 1 is 1.22 bits per heavy atom. The van der Waals surface area contributed by atoms with Gasteiger partial charge in [-0.3, -0.25) is 9.79 Å². The summed E-state index contributed by atoms with van der Waals surface area (Å²) in [5.74, 6) is 1.43.